The van der Waals surface area contributed by atoms with Gasteiger partial charge in [0.25, 0.3) is 0 Å². The van der Waals surface area contributed by atoms with E-state index >= 15 is 0 Å². The fraction of sp³-hybridized carbons (Fsp3) is 0.385. The van der Waals surface area contributed by atoms with Crippen LogP contribution in [0.3, 0.4) is 0 Å². The summed E-state index contributed by atoms with van der Waals surface area (Å²) in [5.41, 5.74) is 1.70. The third-order valence-electron chi connectivity index (χ3n) is 2.67. The molecule has 0 saturated carbocycles. The first-order valence-corrected chi connectivity index (χ1v) is 5.61. The summed E-state index contributed by atoms with van der Waals surface area (Å²) in [6.45, 7) is 3.45. The number of methoxy groups -OCH3 is 2. The van der Waals surface area contributed by atoms with Gasteiger partial charge in [0.2, 0.25) is 5.70 Å². The van der Waals surface area contributed by atoms with Crippen molar-refractivity contribution in [3.05, 3.63) is 39.1 Å². The Bertz CT molecular complexity index is 480. The third-order valence-corrected chi connectivity index (χ3v) is 2.67. The Morgan fingerprint density at radius 3 is 2.39 bits per heavy atom. The Morgan fingerprint density at radius 2 is 1.94 bits per heavy atom. The van der Waals surface area contributed by atoms with E-state index in [9.17, 15) is 10.1 Å². The molecule has 0 aliphatic carbocycles. The molecule has 0 atom stereocenters. The molecule has 5 heteroatoms. The predicted octanol–water partition coefficient (Wildman–Crippen LogP) is 2.90. The Kier molecular flexibility index (Phi) is 4.71. The van der Waals surface area contributed by atoms with Crippen molar-refractivity contribution in [2.75, 3.05) is 14.2 Å². The minimum atomic E-state index is -0.431. The Labute approximate surface area is 106 Å². The van der Waals surface area contributed by atoms with E-state index in [1.54, 1.807) is 20.3 Å². The highest BCUT2D eigenvalue weighted by atomic mass is 16.6. The molecule has 98 valence electrons. The van der Waals surface area contributed by atoms with E-state index in [1.807, 2.05) is 13.0 Å². The van der Waals surface area contributed by atoms with Gasteiger partial charge in [-0.25, -0.2) is 0 Å². The monoisotopic (exact) mass is 251 g/mol. The predicted molar refractivity (Wildman–Crippen MR) is 69.6 cm³/mol. The van der Waals surface area contributed by atoms with Gasteiger partial charge in [0.05, 0.1) is 19.1 Å². The van der Waals surface area contributed by atoms with Crippen molar-refractivity contribution in [1.29, 1.82) is 0 Å². The summed E-state index contributed by atoms with van der Waals surface area (Å²) in [5, 5.41) is 10.6. The van der Waals surface area contributed by atoms with E-state index in [4.69, 9.17) is 9.47 Å². The molecule has 0 unspecified atom stereocenters. The second-order valence-corrected chi connectivity index (χ2v) is 3.80. The summed E-state index contributed by atoms with van der Waals surface area (Å²) < 4.78 is 10.5. The van der Waals surface area contributed by atoms with Gasteiger partial charge in [-0.3, -0.25) is 10.1 Å². The molecule has 0 radical (unpaired) electrons. The molecule has 0 aromatic heterocycles. The zero-order chi connectivity index (χ0) is 13.7. The van der Waals surface area contributed by atoms with E-state index in [1.165, 1.54) is 13.0 Å². The second-order valence-electron chi connectivity index (χ2n) is 3.80. The molecule has 0 aliphatic rings. The maximum absolute atomic E-state index is 10.6. The molecular weight excluding hydrogens is 234 g/mol. The standard InChI is InChI=1S/C13H17NO4/c1-5-10-7-13(18-4)11(8-12(10)17-3)6-9(2)14(15)16/h6-8H,5H2,1-4H3/b9-6+. The lowest BCUT2D eigenvalue weighted by atomic mass is 10.1. The Balaban J connectivity index is 3.34. The number of allylic oxidation sites excluding steroid dienone is 1. The van der Waals surface area contributed by atoms with Crippen molar-refractivity contribution in [3.63, 3.8) is 0 Å². The van der Waals surface area contributed by atoms with Crippen LogP contribution in [0.15, 0.2) is 17.8 Å². The number of nitrogens with zero attached hydrogens (tertiary/aromatic N) is 1. The SMILES string of the molecule is CCc1cc(OC)c(/C=C(\C)[N+](=O)[O-])cc1OC. The molecule has 0 fully saturated rings. The number of hydrogen-bond donors (Lipinski definition) is 0. The van der Waals surface area contributed by atoms with Crippen LogP contribution in [0.5, 0.6) is 11.5 Å². The molecule has 18 heavy (non-hydrogen) atoms. The van der Waals surface area contributed by atoms with E-state index in [2.05, 4.69) is 0 Å². The summed E-state index contributed by atoms with van der Waals surface area (Å²) in [7, 11) is 3.12. The minimum Gasteiger partial charge on any atom is -0.496 e. The summed E-state index contributed by atoms with van der Waals surface area (Å²) in [4.78, 5) is 10.2. The van der Waals surface area contributed by atoms with Crippen molar-refractivity contribution in [1.82, 2.24) is 0 Å². The molecule has 0 bridgehead atoms. The van der Waals surface area contributed by atoms with E-state index in [0.29, 0.717) is 17.1 Å². The molecule has 0 N–H and O–H groups in total. The maximum atomic E-state index is 10.6. The van der Waals surface area contributed by atoms with Crippen molar-refractivity contribution >= 4 is 6.08 Å². The summed E-state index contributed by atoms with van der Waals surface area (Å²) >= 11 is 0. The van der Waals surface area contributed by atoms with Gasteiger partial charge in [-0.15, -0.1) is 0 Å². The van der Waals surface area contributed by atoms with Gasteiger partial charge >= 0.3 is 0 Å². The van der Waals surface area contributed by atoms with Crippen LogP contribution < -0.4 is 9.47 Å². The number of ether oxygens (including phenoxy) is 2. The minimum absolute atomic E-state index is 0.0552. The van der Waals surface area contributed by atoms with Crippen LogP contribution in [0.4, 0.5) is 0 Å². The fourth-order valence-electron chi connectivity index (χ4n) is 1.65. The molecular formula is C13H17NO4. The molecule has 1 aromatic rings. The molecule has 0 saturated heterocycles. The molecule has 0 heterocycles. The number of benzene rings is 1. The van der Waals surface area contributed by atoms with Crippen molar-refractivity contribution < 1.29 is 14.4 Å². The first kappa shape index (κ1) is 14.0. The maximum Gasteiger partial charge on any atom is 0.243 e. The van der Waals surface area contributed by atoms with Gasteiger partial charge < -0.3 is 9.47 Å². The van der Waals surface area contributed by atoms with E-state index in [0.717, 1.165) is 12.0 Å². The second kappa shape index (κ2) is 6.05. The van der Waals surface area contributed by atoms with Crippen LogP contribution in [0.1, 0.15) is 25.0 Å². The number of aryl methyl sites for hydroxylation is 1. The van der Waals surface area contributed by atoms with Crippen molar-refractivity contribution in [2.24, 2.45) is 0 Å². The molecule has 0 spiro atoms. The van der Waals surface area contributed by atoms with Crippen molar-refractivity contribution in [2.45, 2.75) is 20.3 Å². The zero-order valence-corrected chi connectivity index (χ0v) is 11.0. The van der Waals surface area contributed by atoms with Crippen LogP contribution in [-0.4, -0.2) is 19.1 Å². The van der Waals surface area contributed by atoms with E-state index in [-0.39, 0.29) is 5.70 Å². The molecule has 0 aliphatic heterocycles. The van der Waals surface area contributed by atoms with Crippen LogP contribution in [0.2, 0.25) is 0 Å². The van der Waals surface area contributed by atoms with Crippen LogP contribution in [0.25, 0.3) is 6.08 Å². The van der Waals surface area contributed by atoms with Gasteiger partial charge in [-0.05, 0) is 24.1 Å². The highest BCUT2D eigenvalue weighted by molar-refractivity contribution is 5.62. The number of hydrogen-bond acceptors (Lipinski definition) is 4. The molecule has 5 nitrogen and oxygen atoms in total. The molecule has 1 rings (SSSR count). The van der Waals surface area contributed by atoms with Gasteiger partial charge in [-0.1, -0.05) is 6.92 Å². The Morgan fingerprint density at radius 1 is 1.33 bits per heavy atom. The average Bonchev–Trinajstić information content (AvgIpc) is 2.37. The topological polar surface area (TPSA) is 61.6 Å². The summed E-state index contributed by atoms with van der Waals surface area (Å²) in [6.07, 6.45) is 2.28. The highest BCUT2D eigenvalue weighted by Crippen LogP contribution is 2.30. The first-order chi connectivity index (χ1) is 8.53. The molecule has 1 aromatic carbocycles. The van der Waals surface area contributed by atoms with Gasteiger partial charge in [0.15, 0.2) is 0 Å². The summed E-state index contributed by atoms with van der Waals surface area (Å²) in [6, 6.07) is 3.60. The van der Waals surface area contributed by atoms with Crippen LogP contribution >= 0.6 is 0 Å². The van der Waals surface area contributed by atoms with Crippen LogP contribution in [-0.2, 0) is 6.42 Å². The molecule has 0 amide bonds. The lowest BCUT2D eigenvalue weighted by molar-refractivity contribution is -0.422. The van der Waals surface area contributed by atoms with Gasteiger partial charge in [0.1, 0.15) is 11.5 Å². The average molecular weight is 251 g/mol. The van der Waals surface area contributed by atoms with E-state index < -0.39 is 4.92 Å². The summed E-state index contributed by atoms with van der Waals surface area (Å²) in [5.74, 6) is 1.31. The fourth-order valence-corrected chi connectivity index (χ4v) is 1.65. The van der Waals surface area contributed by atoms with Crippen molar-refractivity contribution in [3.8, 4) is 11.5 Å². The third kappa shape index (κ3) is 3.00. The number of rotatable bonds is 5. The highest BCUT2D eigenvalue weighted by Gasteiger charge is 2.11. The number of nitro groups is 1. The van der Waals surface area contributed by atoms with Crippen LogP contribution in [0, 0.1) is 10.1 Å². The smallest absolute Gasteiger partial charge is 0.243 e. The lowest BCUT2D eigenvalue weighted by Gasteiger charge is -2.11. The normalized spacial score (nSPS) is 11.2. The van der Waals surface area contributed by atoms with Gasteiger partial charge in [-0.2, -0.15) is 0 Å². The quantitative estimate of drug-likeness (QED) is 0.596. The first-order valence-electron chi connectivity index (χ1n) is 5.61. The largest absolute Gasteiger partial charge is 0.496 e. The lowest BCUT2D eigenvalue weighted by Crippen LogP contribution is -1.97. The van der Waals surface area contributed by atoms with Gasteiger partial charge in [0, 0.05) is 18.6 Å². The Hall–Kier alpha value is -2.04. The zero-order valence-electron chi connectivity index (χ0n) is 11.0.